The first kappa shape index (κ1) is 21.6. The second kappa shape index (κ2) is 8.62. The predicted molar refractivity (Wildman–Crippen MR) is 123 cm³/mol. The number of para-hydroxylation sites is 2. The van der Waals surface area contributed by atoms with Crippen LogP contribution in [0.4, 0.5) is 20.5 Å². The smallest absolute Gasteiger partial charge is 0.395 e. The van der Waals surface area contributed by atoms with Gasteiger partial charge in [-0.3, -0.25) is 0 Å². The Morgan fingerprint density at radius 3 is 2.52 bits per heavy atom. The number of alkyl halides is 2. The van der Waals surface area contributed by atoms with Crippen LogP contribution in [-0.2, 0) is 6.54 Å². The summed E-state index contributed by atoms with van der Waals surface area (Å²) < 4.78 is 36.0. The van der Waals surface area contributed by atoms with Crippen LogP contribution in [0.2, 0.25) is 0 Å². The molecule has 0 bridgehead atoms. The number of fused-ring (bicyclic) bond motifs is 2. The molecule has 2 aliphatic rings. The van der Waals surface area contributed by atoms with Gasteiger partial charge in [0, 0.05) is 43.7 Å². The van der Waals surface area contributed by atoms with Crippen molar-refractivity contribution in [3.63, 3.8) is 0 Å². The highest BCUT2D eigenvalue weighted by atomic mass is 19.3. The minimum atomic E-state index is -3.60. The standard InChI is InChI=1S/C24H27F2N5O2/c1-31(2)22-18-7-3-4-8-19(18)29-23(30-22)28-17-12-10-16(11-13-17)27-14-15-6-5-9-20-21(15)33-24(25,26)32-20/h3-9,16-17,27H,10-14H2,1-2H3,(H,28,29,30)/t16-,17+. The molecule has 2 aromatic carbocycles. The maximum absolute atomic E-state index is 13.4. The van der Waals surface area contributed by atoms with Crippen molar-refractivity contribution in [1.82, 2.24) is 15.3 Å². The second-order valence-electron chi connectivity index (χ2n) is 8.77. The van der Waals surface area contributed by atoms with Crippen LogP contribution in [0.1, 0.15) is 31.2 Å². The lowest BCUT2D eigenvalue weighted by Gasteiger charge is -2.30. The number of nitrogens with one attached hydrogen (secondary N) is 2. The highest BCUT2D eigenvalue weighted by Crippen LogP contribution is 2.43. The number of nitrogens with zero attached hydrogens (tertiary/aromatic N) is 3. The lowest BCUT2D eigenvalue weighted by Crippen LogP contribution is -2.37. The molecular weight excluding hydrogens is 428 g/mol. The minimum absolute atomic E-state index is 0.0830. The third-order valence-electron chi connectivity index (χ3n) is 6.16. The van der Waals surface area contributed by atoms with E-state index in [2.05, 4.69) is 20.1 Å². The lowest BCUT2D eigenvalue weighted by molar-refractivity contribution is -0.286. The Balaban J connectivity index is 1.18. The number of benzene rings is 2. The fourth-order valence-corrected chi connectivity index (χ4v) is 4.51. The number of rotatable bonds is 6. The second-order valence-corrected chi connectivity index (χ2v) is 8.77. The average molecular weight is 456 g/mol. The van der Waals surface area contributed by atoms with Crippen LogP contribution >= 0.6 is 0 Å². The molecule has 0 amide bonds. The lowest BCUT2D eigenvalue weighted by atomic mass is 9.91. The quantitative estimate of drug-likeness (QED) is 0.566. The molecule has 5 rings (SSSR count). The molecule has 0 atom stereocenters. The zero-order valence-electron chi connectivity index (χ0n) is 18.6. The fourth-order valence-electron chi connectivity index (χ4n) is 4.51. The fraction of sp³-hybridized carbons (Fsp3) is 0.417. The molecule has 9 heteroatoms. The summed E-state index contributed by atoms with van der Waals surface area (Å²) in [5, 5.41) is 8.02. The maximum Gasteiger partial charge on any atom is 0.586 e. The topological polar surface area (TPSA) is 71.5 Å². The van der Waals surface area contributed by atoms with Gasteiger partial charge in [-0.2, -0.15) is 4.98 Å². The molecule has 0 saturated heterocycles. The van der Waals surface area contributed by atoms with Crippen LogP contribution in [-0.4, -0.2) is 42.4 Å². The predicted octanol–water partition coefficient (Wildman–Crippen LogP) is 4.53. The Kier molecular flexibility index (Phi) is 5.65. The van der Waals surface area contributed by atoms with E-state index < -0.39 is 6.29 Å². The average Bonchev–Trinajstić information content (AvgIpc) is 3.12. The number of anilines is 2. The monoisotopic (exact) mass is 455 g/mol. The van der Waals surface area contributed by atoms with Gasteiger partial charge in [0.2, 0.25) is 5.95 Å². The van der Waals surface area contributed by atoms with E-state index in [0.29, 0.717) is 24.1 Å². The molecule has 2 N–H and O–H groups in total. The largest absolute Gasteiger partial charge is 0.586 e. The number of halogens is 2. The molecule has 2 heterocycles. The molecule has 1 saturated carbocycles. The number of hydrogen-bond donors (Lipinski definition) is 2. The van der Waals surface area contributed by atoms with Gasteiger partial charge in [-0.1, -0.05) is 24.3 Å². The summed E-state index contributed by atoms with van der Waals surface area (Å²) in [4.78, 5) is 11.4. The first-order chi connectivity index (χ1) is 15.9. The maximum atomic E-state index is 13.4. The summed E-state index contributed by atoms with van der Waals surface area (Å²) in [6.45, 7) is 0.450. The van der Waals surface area contributed by atoms with Crippen LogP contribution in [0.25, 0.3) is 10.9 Å². The summed E-state index contributed by atoms with van der Waals surface area (Å²) in [5.41, 5.74) is 1.59. The summed E-state index contributed by atoms with van der Waals surface area (Å²) in [6.07, 6.45) is 0.271. The molecule has 1 fully saturated rings. The van der Waals surface area contributed by atoms with Gasteiger partial charge in [-0.15, -0.1) is 8.78 Å². The van der Waals surface area contributed by atoms with E-state index in [1.54, 1.807) is 12.1 Å². The molecule has 1 aliphatic heterocycles. The number of ether oxygens (including phenoxy) is 2. The molecule has 0 unspecified atom stereocenters. The Labute approximate surface area is 191 Å². The van der Waals surface area contributed by atoms with Crippen molar-refractivity contribution < 1.29 is 18.3 Å². The SMILES string of the molecule is CN(C)c1nc(N[C@H]2CC[C@@H](NCc3cccc4c3OC(F)(F)O4)CC2)nc2ccccc12. The van der Waals surface area contributed by atoms with Gasteiger partial charge >= 0.3 is 6.29 Å². The van der Waals surface area contributed by atoms with Crippen molar-refractivity contribution in [3.8, 4) is 11.5 Å². The third-order valence-corrected chi connectivity index (χ3v) is 6.16. The van der Waals surface area contributed by atoms with Gasteiger partial charge in [0.1, 0.15) is 5.82 Å². The van der Waals surface area contributed by atoms with E-state index in [0.717, 1.165) is 42.4 Å². The highest BCUT2D eigenvalue weighted by Gasteiger charge is 2.44. The van der Waals surface area contributed by atoms with Gasteiger partial charge in [0.25, 0.3) is 0 Å². The van der Waals surface area contributed by atoms with Crippen LogP contribution in [0.5, 0.6) is 11.5 Å². The molecule has 3 aromatic rings. The van der Waals surface area contributed by atoms with E-state index in [1.165, 1.54) is 6.07 Å². The summed E-state index contributed by atoms with van der Waals surface area (Å²) in [5.74, 6) is 1.74. The van der Waals surface area contributed by atoms with Crippen LogP contribution in [0.3, 0.4) is 0 Å². The summed E-state index contributed by atoms with van der Waals surface area (Å²) in [7, 11) is 3.96. The number of aromatic nitrogens is 2. The minimum Gasteiger partial charge on any atom is -0.395 e. The van der Waals surface area contributed by atoms with Gasteiger partial charge in [0.15, 0.2) is 11.5 Å². The van der Waals surface area contributed by atoms with Crippen molar-refractivity contribution in [1.29, 1.82) is 0 Å². The molecule has 1 aliphatic carbocycles. The van der Waals surface area contributed by atoms with Crippen LogP contribution in [0, 0.1) is 0 Å². The van der Waals surface area contributed by atoms with E-state index in [-0.39, 0.29) is 17.5 Å². The van der Waals surface area contributed by atoms with Crippen molar-refractivity contribution in [3.05, 3.63) is 48.0 Å². The van der Waals surface area contributed by atoms with Crippen molar-refractivity contribution in [2.24, 2.45) is 0 Å². The Bertz CT molecular complexity index is 1150. The van der Waals surface area contributed by atoms with E-state index in [4.69, 9.17) is 9.97 Å². The first-order valence-electron chi connectivity index (χ1n) is 11.2. The number of hydrogen-bond acceptors (Lipinski definition) is 7. The van der Waals surface area contributed by atoms with Crippen molar-refractivity contribution in [2.45, 2.75) is 50.6 Å². The summed E-state index contributed by atoms with van der Waals surface area (Å²) in [6, 6.07) is 13.6. The Hall–Kier alpha value is -3.20. The van der Waals surface area contributed by atoms with Gasteiger partial charge in [-0.25, -0.2) is 4.98 Å². The molecule has 7 nitrogen and oxygen atoms in total. The molecular formula is C24H27F2N5O2. The molecule has 0 radical (unpaired) electrons. The highest BCUT2D eigenvalue weighted by molar-refractivity contribution is 5.90. The Morgan fingerprint density at radius 2 is 1.73 bits per heavy atom. The van der Waals surface area contributed by atoms with Crippen molar-refractivity contribution in [2.75, 3.05) is 24.3 Å². The first-order valence-corrected chi connectivity index (χ1v) is 11.2. The van der Waals surface area contributed by atoms with Gasteiger partial charge in [0.05, 0.1) is 5.52 Å². The van der Waals surface area contributed by atoms with Crippen LogP contribution < -0.4 is 25.0 Å². The van der Waals surface area contributed by atoms with Gasteiger partial charge < -0.3 is 25.0 Å². The normalized spacial score (nSPS) is 21.2. The van der Waals surface area contributed by atoms with Crippen molar-refractivity contribution >= 4 is 22.7 Å². The molecule has 33 heavy (non-hydrogen) atoms. The van der Waals surface area contributed by atoms with Gasteiger partial charge in [-0.05, 0) is 43.9 Å². The van der Waals surface area contributed by atoms with Crippen LogP contribution in [0.15, 0.2) is 42.5 Å². The molecule has 1 aromatic heterocycles. The zero-order valence-corrected chi connectivity index (χ0v) is 18.6. The third kappa shape index (κ3) is 4.64. The zero-order chi connectivity index (χ0) is 23.0. The van der Waals surface area contributed by atoms with E-state index >= 15 is 0 Å². The molecule has 0 spiro atoms. The van der Waals surface area contributed by atoms with E-state index in [9.17, 15) is 8.78 Å². The van der Waals surface area contributed by atoms with E-state index in [1.807, 2.05) is 43.3 Å². The summed E-state index contributed by atoms with van der Waals surface area (Å²) >= 11 is 0. The molecule has 174 valence electrons. The Morgan fingerprint density at radius 1 is 0.970 bits per heavy atom.